The van der Waals surface area contributed by atoms with Crippen LogP contribution in [0.2, 0.25) is 0 Å². The number of likely N-dealkylation sites (tertiary alicyclic amines) is 1. The van der Waals surface area contributed by atoms with E-state index >= 15 is 0 Å². The molecule has 1 atom stereocenters. The molecule has 27 heavy (non-hydrogen) atoms. The molecule has 1 fully saturated rings. The van der Waals surface area contributed by atoms with E-state index in [9.17, 15) is 8.42 Å². The molecule has 154 valence electrons. The fraction of sp³-hybridized carbons (Fsp3) is 0.632. The lowest BCUT2D eigenvalue weighted by molar-refractivity contribution is 0.157. The lowest BCUT2D eigenvalue weighted by atomic mass is 10.1. The number of aliphatic imine (C=N–C) groups is 1. The van der Waals surface area contributed by atoms with Gasteiger partial charge >= 0.3 is 0 Å². The first kappa shape index (κ1) is 24.2. The summed E-state index contributed by atoms with van der Waals surface area (Å²) in [6.45, 7) is 6.03. The third kappa shape index (κ3) is 8.78. The number of methoxy groups -OCH3 is 1. The maximum Gasteiger partial charge on any atom is 0.193 e. The minimum Gasteiger partial charge on any atom is -0.384 e. The van der Waals surface area contributed by atoms with E-state index in [1.54, 1.807) is 7.11 Å². The van der Waals surface area contributed by atoms with Crippen LogP contribution in [0.15, 0.2) is 35.3 Å². The van der Waals surface area contributed by atoms with Crippen molar-refractivity contribution in [3.05, 3.63) is 35.9 Å². The van der Waals surface area contributed by atoms with Gasteiger partial charge in [-0.05, 0) is 25.3 Å². The van der Waals surface area contributed by atoms with Crippen LogP contribution in [0.25, 0.3) is 0 Å². The van der Waals surface area contributed by atoms with Crippen LogP contribution in [0.4, 0.5) is 0 Å². The van der Waals surface area contributed by atoms with Gasteiger partial charge in [0.1, 0.15) is 0 Å². The summed E-state index contributed by atoms with van der Waals surface area (Å²) in [5.41, 5.74) is 0.839. The first-order valence-corrected chi connectivity index (χ1v) is 11.1. The van der Waals surface area contributed by atoms with Crippen molar-refractivity contribution in [3.63, 3.8) is 0 Å². The summed E-state index contributed by atoms with van der Waals surface area (Å²) in [6, 6.07) is 9.32. The third-order valence-electron chi connectivity index (χ3n) is 4.43. The van der Waals surface area contributed by atoms with E-state index in [0.29, 0.717) is 18.9 Å². The van der Waals surface area contributed by atoms with E-state index in [1.165, 1.54) is 0 Å². The fourth-order valence-corrected chi connectivity index (χ4v) is 4.61. The van der Waals surface area contributed by atoms with Gasteiger partial charge < -0.3 is 15.0 Å². The lowest BCUT2D eigenvalue weighted by Gasteiger charge is -2.21. The first-order valence-electron chi connectivity index (χ1n) is 9.30. The van der Waals surface area contributed by atoms with Crippen LogP contribution in [0.1, 0.15) is 25.3 Å². The van der Waals surface area contributed by atoms with E-state index in [0.717, 1.165) is 44.2 Å². The van der Waals surface area contributed by atoms with Gasteiger partial charge in [-0.25, -0.2) is 8.42 Å². The zero-order valence-electron chi connectivity index (χ0n) is 16.3. The topological polar surface area (TPSA) is 71.0 Å². The quantitative estimate of drug-likeness (QED) is 0.240. The van der Waals surface area contributed by atoms with Crippen LogP contribution < -0.4 is 5.32 Å². The van der Waals surface area contributed by atoms with Crippen molar-refractivity contribution in [2.24, 2.45) is 10.9 Å². The van der Waals surface area contributed by atoms with E-state index in [1.807, 2.05) is 37.3 Å². The van der Waals surface area contributed by atoms with E-state index in [4.69, 9.17) is 4.74 Å². The molecule has 0 spiro atoms. The molecular formula is C19H32IN3O3S. The SMILES string of the molecule is CCNC(=NCCCS(=O)(=O)Cc1ccccc1)N1CCC(COC)C1.I. The Balaban J connectivity index is 0.00000364. The van der Waals surface area contributed by atoms with Gasteiger partial charge in [-0.2, -0.15) is 0 Å². The molecule has 0 aliphatic carbocycles. The standard InChI is InChI=1S/C19H31N3O3S.HI/c1-3-20-19(22-12-10-18(14-22)15-25-2)21-11-7-13-26(23,24)16-17-8-5-4-6-9-17;/h4-6,8-9,18H,3,7,10-16H2,1-2H3,(H,20,21);1H. The molecule has 0 saturated carbocycles. The number of nitrogens with zero attached hydrogens (tertiary/aromatic N) is 2. The molecule has 0 aromatic heterocycles. The predicted octanol–water partition coefficient (Wildman–Crippen LogP) is 2.54. The first-order chi connectivity index (χ1) is 12.5. The zero-order chi connectivity index (χ0) is 18.8. The van der Waals surface area contributed by atoms with Gasteiger partial charge in [0, 0.05) is 39.2 Å². The van der Waals surface area contributed by atoms with Crippen LogP contribution in [-0.4, -0.2) is 64.9 Å². The van der Waals surface area contributed by atoms with Crippen molar-refractivity contribution < 1.29 is 13.2 Å². The summed E-state index contributed by atoms with van der Waals surface area (Å²) in [4.78, 5) is 6.87. The average molecular weight is 509 g/mol. The van der Waals surface area contributed by atoms with Crippen LogP contribution in [0, 0.1) is 5.92 Å². The van der Waals surface area contributed by atoms with Gasteiger partial charge in [-0.15, -0.1) is 24.0 Å². The maximum atomic E-state index is 12.3. The molecule has 1 aromatic rings. The largest absolute Gasteiger partial charge is 0.384 e. The smallest absolute Gasteiger partial charge is 0.193 e. The fourth-order valence-electron chi connectivity index (χ4n) is 3.19. The molecule has 8 heteroatoms. The minimum atomic E-state index is -3.10. The summed E-state index contributed by atoms with van der Waals surface area (Å²) in [5, 5.41) is 3.31. The zero-order valence-corrected chi connectivity index (χ0v) is 19.4. The Morgan fingerprint density at radius 2 is 2.07 bits per heavy atom. The summed E-state index contributed by atoms with van der Waals surface area (Å²) in [6.07, 6.45) is 1.64. The van der Waals surface area contributed by atoms with E-state index in [2.05, 4.69) is 15.2 Å². The van der Waals surface area contributed by atoms with Crippen molar-refractivity contribution >= 4 is 39.8 Å². The Bertz CT molecular complexity index is 668. The number of sulfone groups is 1. The van der Waals surface area contributed by atoms with Crippen LogP contribution in [0.5, 0.6) is 0 Å². The highest BCUT2D eigenvalue weighted by Crippen LogP contribution is 2.16. The average Bonchev–Trinajstić information content (AvgIpc) is 3.07. The van der Waals surface area contributed by atoms with Crippen molar-refractivity contribution in [2.45, 2.75) is 25.5 Å². The summed E-state index contributed by atoms with van der Waals surface area (Å²) >= 11 is 0. The number of ether oxygens (including phenoxy) is 1. The highest BCUT2D eigenvalue weighted by molar-refractivity contribution is 14.0. The molecule has 1 unspecified atom stereocenters. The number of hydrogen-bond donors (Lipinski definition) is 1. The van der Waals surface area contributed by atoms with E-state index < -0.39 is 9.84 Å². The second kappa shape index (κ2) is 12.6. The molecule has 1 aromatic carbocycles. The minimum absolute atomic E-state index is 0. The van der Waals surface area contributed by atoms with Gasteiger partial charge in [0.25, 0.3) is 0 Å². The monoisotopic (exact) mass is 509 g/mol. The highest BCUT2D eigenvalue weighted by atomic mass is 127. The number of guanidine groups is 1. The van der Waals surface area contributed by atoms with Gasteiger partial charge in [0.2, 0.25) is 0 Å². The lowest BCUT2D eigenvalue weighted by Crippen LogP contribution is -2.40. The molecule has 0 amide bonds. The molecule has 2 rings (SSSR count). The molecule has 1 aliphatic heterocycles. The Hall–Kier alpha value is -0.870. The Labute approximate surface area is 180 Å². The molecule has 6 nitrogen and oxygen atoms in total. The second-order valence-electron chi connectivity index (χ2n) is 6.72. The maximum absolute atomic E-state index is 12.3. The van der Waals surface area contributed by atoms with Crippen LogP contribution in [0.3, 0.4) is 0 Å². The highest BCUT2D eigenvalue weighted by Gasteiger charge is 2.24. The molecule has 1 saturated heterocycles. The number of halogens is 1. The van der Waals surface area contributed by atoms with Gasteiger partial charge in [-0.3, -0.25) is 4.99 Å². The van der Waals surface area contributed by atoms with Crippen molar-refractivity contribution in [1.29, 1.82) is 0 Å². The van der Waals surface area contributed by atoms with Gasteiger partial charge in [-0.1, -0.05) is 30.3 Å². The van der Waals surface area contributed by atoms with Crippen molar-refractivity contribution in [1.82, 2.24) is 10.2 Å². The molecule has 0 radical (unpaired) electrons. The second-order valence-corrected chi connectivity index (χ2v) is 8.91. The Morgan fingerprint density at radius 1 is 1.33 bits per heavy atom. The number of rotatable bonds is 9. The summed E-state index contributed by atoms with van der Waals surface area (Å²) < 4.78 is 29.8. The molecule has 1 N–H and O–H groups in total. The summed E-state index contributed by atoms with van der Waals surface area (Å²) in [7, 11) is -1.37. The third-order valence-corrected chi connectivity index (χ3v) is 6.11. The van der Waals surface area contributed by atoms with Crippen LogP contribution in [-0.2, 0) is 20.3 Å². The normalized spacial score (nSPS) is 17.6. The van der Waals surface area contributed by atoms with Crippen molar-refractivity contribution in [2.75, 3.05) is 45.6 Å². The molecule has 0 bridgehead atoms. The van der Waals surface area contributed by atoms with Gasteiger partial charge in [0.15, 0.2) is 15.8 Å². The Morgan fingerprint density at radius 3 is 2.74 bits per heavy atom. The van der Waals surface area contributed by atoms with Gasteiger partial charge in [0.05, 0.1) is 18.1 Å². The van der Waals surface area contributed by atoms with E-state index in [-0.39, 0.29) is 35.5 Å². The number of hydrogen-bond acceptors (Lipinski definition) is 4. The molecule has 1 heterocycles. The number of benzene rings is 1. The molecular weight excluding hydrogens is 477 g/mol. The summed E-state index contributed by atoms with van der Waals surface area (Å²) in [5.74, 6) is 1.68. The predicted molar refractivity (Wildman–Crippen MR) is 121 cm³/mol. The Kier molecular flexibility index (Phi) is 11.2. The molecule has 1 aliphatic rings. The van der Waals surface area contributed by atoms with Crippen LogP contribution >= 0.6 is 24.0 Å². The number of nitrogens with one attached hydrogen (secondary N) is 1. The van der Waals surface area contributed by atoms with Crippen molar-refractivity contribution in [3.8, 4) is 0 Å².